The summed E-state index contributed by atoms with van der Waals surface area (Å²) >= 11 is 9.51. The number of anilines is 2. The molecule has 2 saturated heterocycles. The van der Waals surface area contributed by atoms with Gasteiger partial charge in [0, 0.05) is 30.6 Å². The molecule has 140 valence electrons. The van der Waals surface area contributed by atoms with E-state index in [1.807, 2.05) is 24.3 Å². The van der Waals surface area contributed by atoms with E-state index in [0.717, 1.165) is 16.5 Å². The van der Waals surface area contributed by atoms with Crippen molar-refractivity contribution in [1.29, 1.82) is 0 Å². The van der Waals surface area contributed by atoms with Crippen LogP contribution in [0.1, 0.15) is 18.4 Å². The van der Waals surface area contributed by atoms with Crippen LogP contribution in [0.25, 0.3) is 0 Å². The quantitative estimate of drug-likeness (QED) is 0.564. The first-order chi connectivity index (χ1) is 12.9. The molecule has 4 rings (SSSR count). The van der Waals surface area contributed by atoms with E-state index in [1.54, 1.807) is 24.1 Å². The second kappa shape index (κ2) is 6.80. The number of aromatic nitrogens is 1. The van der Waals surface area contributed by atoms with Crippen molar-refractivity contribution < 1.29 is 9.59 Å². The molecule has 2 aromatic rings. The summed E-state index contributed by atoms with van der Waals surface area (Å²) in [5.41, 5.74) is 0.635. The predicted octanol–water partition coefficient (Wildman–Crippen LogP) is 4.08. The Bertz CT molecular complexity index is 920. The highest BCUT2D eigenvalue weighted by Gasteiger charge is 2.59. The Morgan fingerprint density at radius 1 is 1.26 bits per heavy atom. The summed E-state index contributed by atoms with van der Waals surface area (Å²) in [6.07, 6.45) is 1.97. The molecule has 0 spiro atoms. The number of urea groups is 1. The molecule has 1 N–H and O–H groups in total. The molecule has 1 aromatic heterocycles. The van der Waals surface area contributed by atoms with Gasteiger partial charge in [0.1, 0.15) is 16.5 Å². The van der Waals surface area contributed by atoms with Crippen LogP contribution in [0, 0.1) is 0 Å². The van der Waals surface area contributed by atoms with E-state index < -0.39 is 5.54 Å². The maximum Gasteiger partial charge on any atom is 0.332 e. The van der Waals surface area contributed by atoms with Gasteiger partial charge in [-0.15, -0.1) is 0 Å². The lowest BCUT2D eigenvalue weighted by Crippen LogP contribution is -2.47. The minimum Gasteiger partial charge on any atom is -0.373 e. The second-order valence-corrected chi connectivity index (χ2v) is 8.10. The summed E-state index contributed by atoms with van der Waals surface area (Å²) in [7, 11) is 1.71. The van der Waals surface area contributed by atoms with Crippen LogP contribution in [-0.4, -0.2) is 41.0 Å². The molecule has 1 atom stereocenters. The van der Waals surface area contributed by atoms with Crippen molar-refractivity contribution in [3.8, 4) is 0 Å². The summed E-state index contributed by atoms with van der Waals surface area (Å²) in [4.78, 5) is 33.7. The average molecular weight is 450 g/mol. The number of nitrogens with one attached hydrogen (secondary N) is 1. The van der Waals surface area contributed by atoms with Gasteiger partial charge in [-0.2, -0.15) is 0 Å². The number of benzene rings is 1. The van der Waals surface area contributed by atoms with E-state index in [4.69, 9.17) is 11.6 Å². The third-order valence-electron chi connectivity index (χ3n) is 5.22. The second-order valence-electron chi connectivity index (χ2n) is 6.80. The molecule has 1 aromatic carbocycles. The van der Waals surface area contributed by atoms with E-state index in [2.05, 4.69) is 26.2 Å². The van der Waals surface area contributed by atoms with Crippen LogP contribution < -0.4 is 10.2 Å². The van der Waals surface area contributed by atoms with Crippen LogP contribution in [0.3, 0.4) is 0 Å². The number of fused-ring (bicyclic) bond motifs is 1. The Kier molecular flexibility index (Phi) is 4.60. The lowest BCUT2D eigenvalue weighted by Gasteiger charge is -2.28. The van der Waals surface area contributed by atoms with Gasteiger partial charge < -0.3 is 10.2 Å². The molecule has 6 nitrogen and oxygen atoms in total. The first kappa shape index (κ1) is 18.3. The minimum absolute atomic E-state index is 0.197. The highest BCUT2D eigenvalue weighted by Crippen LogP contribution is 2.42. The number of imide groups is 1. The lowest BCUT2D eigenvalue weighted by atomic mass is 9.88. The highest BCUT2D eigenvalue weighted by molar-refractivity contribution is 9.10. The molecule has 2 fully saturated rings. The van der Waals surface area contributed by atoms with Gasteiger partial charge in [-0.05, 0) is 36.6 Å². The average Bonchev–Trinajstić information content (AvgIpc) is 3.15. The van der Waals surface area contributed by atoms with Crippen molar-refractivity contribution in [3.05, 3.63) is 51.6 Å². The number of carbonyl (C=O) groups is 2. The van der Waals surface area contributed by atoms with Crippen LogP contribution in [0.2, 0.25) is 5.15 Å². The van der Waals surface area contributed by atoms with Crippen LogP contribution in [-0.2, 0) is 11.2 Å². The summed E-state index contributed by atoms with van der Waals surface area (Å²) in [5.74, 6) is 0.310. The van der Waals surface area contributed by atoms with Gasteiger partial charge in [0.15, 0.2) is 0 Å². The zero-order valence-corrected chi connectivity index (χ0v) is 17.0. The normalized spacial score (nSPS) is 21.7. The molecule has 1 unspecified atom stereocenters. The molecular formula is C19H18BrClN4O2. The van der Waals surface area contributed by atoms with Crippen molar-refractivity contribution >= 4 is 51.0 Å². The predicted molar refractivity (Wildman–Crippen MR) is 108 cm³/mol. The van der Waals surface area contributed by atoms with Crippen LogP contribution in [0.4, 0.5) is 16.3 Å². The molecule has 3 heterocycles. The molecule has 0 bridgehead atoms. The van der Waals surface area contributed by atoms with Gasteiger partial charge >= 0.3 is 6.03 Å². The highest BCUT2D eigenvalue weighted by atomic mass is 79.9. The zero-order chi connectivity index (χ0) is 19.2. The summed E-state index contributed by atoms with van der Waals surface area (Å²) < 4.78 is 0.980. The van der Waals surface area contributed by atoms with Gasteiger partial charge in [0.05, 0.1) is 5.69 Å². The van der Waals surface area contributed by atoms with Crippen molar-refractivity contribution in [3.63, 3.8) is 0 Å². The summed E-state index contributed by atoms with van der Waals surface area (Å²) in [6, 6.07) is 10.8. The number of carbonyl (C=O) groups excluding carboxylic acids is 2. The molecule has 2 aliphatic heterocycles. The van der Waals surface area contributed by atoms with Gasteiger partial charge in [-0.25, -0.2) is 14.7 Å². The first-order valence-electron chi connectivity index (χ1n) is 8.70. The van der Waals surface area contributed by atoms with E-state index in [0.29, 0.717) is 30.9 Å². The molecule has 0 radical (unpaired) electrons. The number of halogens is 2. The van der Waals surface area contributed by atoms with Crippen LogP contribution in [0.15, 0.2) is 40.9 Å². The van der Waals surface area contributed by atoms with Crippen molar-refractivity contribution in [2.75, 3.05) is 23.8 Å². The van der Waals surface area contributed by atoms with Gasteiger partial charge in [-0.3, -0.25) is 4.79 Å². The van der Waals surface area contributed by atoms with E-state index in [9.17, 15) is 9.59 Å². The van der Waals surface area contributed by atoms with E-state index >= 15 is 0 Å². The molecule has 0 saturated carbocycles. The van der Waals surface area contributed by atoms with E-state index in [1.165, 1.54) is 4.90 Å². The van der Waals surface area contributed by atoms with Gasteiger partial charge in [-0.1, -0.05) is 39.7 Å². The van der Waals surface area contributed by atoms with Crippen LogP contribution >= 0.6 is 27.5 Å². The Hall–Kier alpha value is -2.12. The molecule has 2 aliphatic rings. The van der Waals surface area contributed by atoms with Crippen molar-refractivity contribution in [2.45, 2.75) is 24.8 Å². The maximum absolute atomic E-state index is 13.5. The standard InChI is InChI=1S/C19H18BrClN4O2/c1-22-16-10-14(9-15(21)23-16)25-17(26)19(7-2-8-24(19)18(25)27)11-12-3-5-13(20)6-4-12/h3-6,9-10H,2,7-8,11H2,1H3,(H,22,23). The Morgan fingerprint density at radius 2 is 2.00 bits per heavy atom. The summed E-state index contributed by atoms with van der Waals surface area (Å²) in [6.45, 7) is 0.579. The largest absolute Gasteiger partial charge is 0.373 e. The number of nitrogens with zero attached hydrogens (tertiary/aromatic N) is 3. The van der Waals surface area contributed by atoms with E-state index in [-0.39, 0.29) is 17.1 Å². The lowest BCUT2D eigenvalue weighted by molar-refractivity contribution is -0.123. The fraction of sp³-hybridized carbons (Fsp3) is 0.316. The smallest absolute Gasteiger partial charge is 0.332 e. The number of hydrogen-bond acceptors (Lipinski definition) is 4. The Morgan fingerprint density at radius 3 is 2.70 bits per heavy atom. The maximum atomic E-state index is 13.5. The molecule has 8 heteroatoms. The number of amides is 3. The third-order valence-corrected chi connectivity index (χ3v) is 5.94. The molecular weight excluding hydrogens is 432 g/mol. The van der Waals surface area contributed by atoms with Crippen molar-refractivity contribution in [2.24, 2.45) is 0 Å². The third kappa shape index (κ3) is 2.99. The SMILES string of the molecule is CNc1cc(N2C(=O)N3CCCC3(Cc3ccc(Br)cc3)C2=O)cc(Cl)n1. The minimum atomic E-state index is -0.833. The molecule has 0 aliphatic carbocycles. The molecule has 27 heavy (non-hydrogen) atoms. The van der Waals surface area contributed by atoms with Crippen molar-refractivity contribution in [1.82, 2.24) is 9.88 Å². The first-order valence-corrected chi connectivity index (χ1v) is 9.88. The fourth-order valence-electron chi connectivity index (χ4n) is 3.96. The fourth-order valence-corrected chi connectivity index (χ4v) is 4.43. The van der Waals surface area contributed by atoms with Crippen LogP contribution in [0.5, 0.6) is 0 Å². The monoisotopic (exact) mass is 448 g/mol. The number of pyridine rings is 1. The van der Waals surface area contributed by atoms with Gasteiger partial charge in [0.25, 0.3) is 5.91 Å². The topological polar surface area (TPSA) is 65.5 Å². The zero-order valence-electron chi connectivity index (χ0n) is 14.7. The summed E-state index contributed by atoms with van der Waals surface area (Å²) in [5, 5.41) is 3.13. The van der Waals surface area contributed by atoms with Gasteiger partial charge in [0.2, 0.25) is 0 Å². The Labute approximate surface area is 170 Å². The molecule has 3 amide bonds. The number of hydrogen-bond donors (Lipinski definition) is 1. The Balaban J connectivity index is 1.73. The number of rotatable bonds is 4.